The summed E-state index contributed by atoms with van der Waals surface area (Å²) < 4.78 is 5.88. The molecule has 0 unspecified atom stereocenters. The van der Waals surface area contributed by atoms with Gasteiger partial charge in [-0.1, -0.05) is 11.6 Å². The summed E-state index contributed by atoms with van der Waals surface area (Å²) in [6, 6.07) is 12.1. The summed E-state index contributed by atoms with van der Waals surface area (Å²) >= 11 is 0. The van der Waals surface area contributed by atoms with Gasteiger partial charge in [0.15, 0.2) is 0 Å². The second-order valence-corrected chi connectivity index (χ2v) is 7.28. The van der Waals surface area contributed by atoms with Gasteiger partial charge in [-0.3, -0.25) is 9.78 Å². The molecule has 2 N–H and O–H groups in total. The molecule has 4 rings (SSSR count). The van der Waals surface area contributed by atoms with Crippen molar-refractivity contribution in [3.05, 3.63) is 58.8 Å². The molecule has 6 heteroatoms. The molecule has 1 amide bonds. The Hall–Kier alpha value is -3.59. The fourth-order valence-corrected chi connectivity index (χ4v) is 3.73. The maximum atomic E-state index is 11.5. The summed E-state index contributed by atoms with van der Waals surface area (Å²) in [5.41, 5.74) is 6.38. The highest BCUT2D eigenvalue weighted by atomic mass is 16.5. The third-order valence-electron chi connectivity index (χ3n) is 5.07. The first-order valence-electron chi connectivity index (χ1n) is 9.64. The average Bonchev–Trinajstić information content (AvgIpc) is 2.71. The zero-order valence-corrected chi connectivity index (χ0v) is 16.5. The van der Waals surface area contributed by atoms with E-state index in [1.807, 2.05) is 32.0 Å². The van der Waals surface area contributed by atoms with Crippen molar-refractivity contribution in [2.75, 3.05) is 23.8 Å². The highest BCUT2D eigenvalue weighted by Gasteiger charge is 2.15. The molecule has 1 aliphatic rings. The van der Waals surface area contributed by atoms with Gasteiger partial charge in [0.1, 0.15) is 18.4 Å². The van der Waals surface area contributed by atoms with E-state index >= 15 is 0 Å². The van der Waals surface area contributed by atoms with Crippen molar-refractivity contribution >= 4 is 28.2 Å². The van der Waals surface area contributed by atoms with Crippen molar-refractivity contribution < 1.29 is 9.53 Å². The van der Waals surface area contributed by atoms with Crippen LogP contribution < -0.4 is 15.4 Å². The highest BCUT2D eigenvalue weighted by molar-refractivity contribution is 5.96. The number of amides is 1. The number of nitrogens with one attached hydrogen (secondary N) is 2. The molecule has 6 nitrogen and oxygen atoms in total. The SMILES string of the molecule is Cc1cc(C)c2ncc(C#N)c(NCCOc3ccc4c(c3)CCC(=O)N4)c2c1. The Balaban J connectivity index is 1.47. The molecule has 1 aromatic heterocycles. The molecule has 2 heterocycles. The van der Waals surface area contributed by atoms with Gasteiger partial charge in [0.05, 0.1) is 16.8 Å². The largest absolute Gasteiger partial charge is 0.492 e. The van der Waals surface area contributed by atoms with Gasteiger partial charge in [-0.2, -0.15) is 5.26 Å². The highest BCUT2D eigenvalue weighted by Crippen LogP contribution is 2.29. The van der Waals surface area contributed by atoms with E-state index in [4.69, 9.17) is 4.74 Å². The van der Waals surface area contributed by atoms with Gasteiger partial charge in [0.25, 0.3) is 0 Å². The van der Waals surface area contributed by atoms with E-state index in [-0.39, 0.29) is 5.91 Å². The maximum Gasteiger partial charge on any atom is 0.224 e. The second kappa shape index (κ2) is 7.80. The van der Waals surface area contributed by atoms with E-state index in [0.29, 0.717) is 25.1 Å². The minimum Gasteiger partial charge on any atom is -0.492 e. The number of pyridine rings is 1. The van der Waals surface area contributed by atoms with Crippen LogP contribution in [0, 0.1) is 25.2 Å². The number of ether oxygens (including phenoxy) is 1. The van der Waals surface area contributed by atoms with Crippen molar-refractivity contribution in [2.45, 2.75) is 26.7 Å². The second-order valence-electron chi connectivity index (χ2n) is 7.28. The zero-order valence-electron chi connectivity index (χ0n) is 16.5. The Morgan fingerprint density at radius 1 is 1.24 bits per heavy atom. The van der Waals surface area contributed by atoms with Crippen molar-refractivity contribution in [3.8, 4) is 11.8 Å². The van der Waals surface area contributed by atoms with Gasteiger partial charge in [0.2, 0.25) is 5.91 Å². The third-order valence-corrected chi connectivity index (χ3v) is 5.07. The molecule has 0 spiro atoms. The van der Waals surface area contributed by atoms with Gasteiger partial charge >= 0.3 is 0 Å². The molecule has 3 aromatic rings. The van der Waals surface area contributed by atoms with Gasteiger partial charge in [-0.15, -0.1) is 0 Å². The van der Waals surface area contributed by atoms with Crippen LogP contribution in [0.2, 0.25) is 0 Å². The number of aryl methyl sites for hydroxylation is 3. The lowest BCUT2D eigenvalue weighted by atomic mass is 10.0. The summed E-state index contributed by atoms with van der Waals surface area (Å²) in [7, 11) is 0. The van der Waals surface area contributed by atoms with Crippen LogP contribution >= 0.6 is 0 Å². The number of nitriles is 1. The minimum absolute atomic E-state index is 0.0544. The lowest BCUT2D eigenvalue weighted by Crippen LogP contribution is -2.19. The first kappa shape index (κ1) is 18.8. The van der Waals surface area contributed by atoms with E-state index in [1.54, 1.807) is 6.20 Å². The van der Waals surface area contributed by atoms with Gasteiger partial charge < -0.3 is 15.4 Å². The van der Waals surface area contributed by atoms with Crippen molar-refractivity contribution in [2.24, 2.45) is 0 Å². The lowest BCUT2D eigenvalue weighted by Gasteiger charge is -2.18. The number of nitrogens with zero attached hydrogens (tertiary/aromatic N) is 2. The molecule has 0 aliphatic carbocycles. The Labute approximate surface area is 169 Å². The van der Waals surface area contributed by atoms with Crippen LogP contribution in [0.3, 0.4) is 0 Å². The molecule has 2 aromatic carbocycles. The van der Waals surface area contributed by atoms with Gasteiger partial charge in [-0.25, -0.2) is 0 Å². The van der Waals surface area contributed by atoms with E-state index in [1.165, 1.54) is 0 Å². The summed E-state index contributed by atoms with van der Waals surface area (Å²) in [5, 5.41) is 16.7. The number of carbonyl (C=O) groups excluding carboxylic acids is 1. The van der Waals surface area contributed by atoms with Crippen LogP contribution in [0.1, 0.15) is 28.7 Å². The van der Waals surface area contributed by atoms with Crippen LogP contribution in [-0.4, -0.2) is 24.0 Å². The first-order valence-corrected chi connectivity index (χ1v) is 9.64. The normalized spacial score (nSPS) is 12.8. The molecule has 146 valence electrons. The van der Waals surface area contributed by atoms with Crippen LogP contribution in [-0.2, 0) is 11.2 Å². The average molecular weight is 386 g/mol. The molecule has 1 aliphatic heterocycles. The molecule has 0 radical (unpaired) electrons. The summed E-state index contributed by atoms with van der Waals surface area (Å²) in [5.74, 6) is 0.826. The standard InChI is InChI=1S/C23H22N4O2/c1-14-9-15(2)22-19(10-14)23(17(12-24)13-26-22)25-7-8-29-18-4-5-20-16(11-18)3-6-21(28)27-20/h4-5,9-11,13H,3,6-8H2,1-2H3,(H,25,26)(H,27,28). The van der Waals surface area contributed by atoms with E-state index in [9.17, 15) is 10.1 Å². The number of fused-ring (bicyclic) bond motifs is 2. The maximum absolute atomic E-state index is 11.5. The lowest BCUT2D eigenvalue weighted by molar-refractivity contribution is -0.116. The number of hydrogen-bond acceptors (Lipinski definition) is 5. The van der Waals surface area contributed by atoms with Crippen molar-refractivity contribution in [1.82, 2.24) is 4.98 Å². The molecule has 29 heavy (non-hydrogen) atoms. The van der Waals surface area contributed by atoms with Gasteiger partial charge in [0, 0.05) is 30.2 Å². The smallest absolute Gasteiger partial charge is 0.224 e. The van der Waals surface area contributed by atoms with Gasteiger partial charge in [-0.05, 0) is 55.7 Å². The number of hydrogen-bond donors (Lipinski definition) is 2. The first-order chi connectivity index (χ1) is 14.0. The van der Waals surface area contributed by atoms with E-state index in [2.05, 4.69) is 33.8 Å². The van der Waals surface area contributed by atoms with Crippen LogP contribution in [0.25, 0.3) is 10.9 Å². The molecule has 0 saturated carbocycles. The number of anilines is 2. The Kier molecular flexibility index (Phi) is 5.05. The predicted molar refractivity (Wildman–Crippen MR) is 113 cm³/mol. The molecule has 0 atom stereocenters. The number of aromatic nitrogens is 1. The van der Waals surface area contributed by atoms with Crippen molar-refractivity contribution in [3.63, 3.8) is 0 Å². The molecule has 0 bridgehead atoms. The summed E-state index contributed by atoms with van der Waals surface area (Å²) in [6.45, 7) is 5.07. The fraction of sp³-hybridized carbons (Fsp3) is 0.261. The Morgan fingerprint density at radius 2 is 2.10 bits per heavy atom. The Bertz CT molecular complexity index is 1150. The van der Waals surface area contributed by atoms with Crippen molar-refractivity contribution in [1.29, 1.82) is 5.26 Å². The number of rotatable bonds is 5. The van der Waals surface area contributed by atoms with Crippen LogP contribution in [0.5, 0.6) is 5.75 Å². The fourth-order valence-electron chi connectivity index (χ4n) is 3.73. The predicted octanol–water partition coefficient (Wildman–Crippen LogP) is 4.10. The molecular weight excluding hydrogens is 364 g/mol. The zero-order chi connectivity index (χ0) is 20.4. The number of carbonyl (C=O) groups is 1. The molecular formula is C23H22N4O2. The Morgan fingerprint density at radius 3 is 2.93 bits per heavy atom. The minimum atomic E-state index is 0.0544. The third kappa shape index (κ3) is 3.85. The van der Waals surface area contributed by atoms with E-state index < -0.39 is 0 Å². The van der Waals surface area contributed by atoms with Crippen LogP contribution in [0.4, 0.5) is 11.4 Å². The van der Waals surface area contributed by atoms with E-state index in [0.717, 1.165) is 51.1 Å². The molecule has 0 saturated heterocycles. The number of benzene rings is 2. The van der Waals surface area contributed by atoms with Crippen LogP contribution in [0.15, 0.2) is 36.5 Å². The topological polar surface area (TPSA) is 87.0 Å². The monoisotopic (exact) mass is 386 g/mol. The molecule has 0 fully saturated rings. The summed E-state index contributed by atoms with van der Waals surface area (Å²) in [6.07, 6.45) is 2.85. The summed E-state index contributed by atoms with van der Waals surface area (Å²) in [4.78, 5) is 15.9. The quantitative estimate of drug-likeness (QED) is 0.645.